The zero-order chi connectivity index (χ0) is 30.1. The minimum atomic E-state index is -4.52. The van der Waals surface area contributed by atoms with Crippen LogP contribution in [0, 0.1) is 0 Å². The molecule has 0 aliphatic carbocycles. The molecule has 1 aromatic rings. The fourth-order valence-corrected chi connectivity index (χ4v) is 7.97. The Labute approximate surface area is 255 Å². The van der Waals surface area contributed by atoms with Gasteiger partial charge in [-0.25, -0.2) is 4.79 Å². The van der Waals surface area contributed by atoms with Crippen LogP contribution < -0.4 is 0 Å². The summed E-state index contributed by atoms with van der Waals surface area (Å²) in [7, 11) is -4.52. The van der Waals surface area contributed by atoms with Crippen LogP contribution in [0.25, 0.3) is 0 Å². The topological polar surface area (TPSA) is 93.1 Å². The van der Waals surface area contributed by atoms with Gasteiger partial charge in [0.25, 0.3) is 5.34 Å². The number of hydrogen-bond acceptors (Lipinski definition) is 5. The van der Waals surface area contributed by atoms with E-state index in [0.717, 1.165) is 37.9 Å². The number of unbranched alkanes of at least 4 members (excludes halogenated alkanes) is 15. The largest absolute Gasteiger partial charge is 0.479 e. The van der Waals surface area contributed by atoms with Gasteiger partial charge >= 0.3 is 13.6 Å². The van der Waals surface area contributed by atoms with Gasteiger partial charge in [-0.3, -0.25) is 4.57 Å². The summed E-state index contributed by atoms with van der Waals surface area (Å²) in [5.74, 6) is -0.751. The second-order valence-corrected chi connectivity index (χ2v) is 14.4. The summed E-state index contributed by atoms with van der Waals surface area (Å²) in [4.78, 5) is 23.1. The van der Waals surface area contributed by atoms with Crippen molar-refractivity contribution in [1.82, 2.24) is 0 Å². The monoisotopic (exact) mass is 614 g/mol. The zero-order valence-electron chi connectivity index (χ0n) is 26.0. The maximum Gasteiger partial charge on any atom is 0.372 e. The molecule has 0 radical (unpaired) electrons. The van der Waals surface area contributed by atoms with E-state index in [-0.39, 0.29) is 19.0 Å². The number of aliphatic carboxylic acids is 1. The molecule has 41 heavy (non-hydrogen) atoms. The summed E-state index contributed by atoms with van der Waals surface area (Å²) >= 11 is 1.39. The Bertz CT molecular complexity index is 808. The molecule has 0 saturated heterocycles. The Hall–Kier alpha value is -0.850. The van der Waals surface area contributed by atoms with Crippen LogP contribution in [0.4, 0.5) is 0 Å². The number of carbonyl (C=O) groups is 1. The van der Waals surface area contributed by atoms with E-state index in [9.17, 15) is 19.4 Å². The van der Waals surface area contributed by atoms with E-state index in [1.165, 1.54) is 94.4 Å². The van der Waals surface area contributed by atoms with E-state index in [0.29, 0.717) is 12.8 Å². The summed E-state index contributed by atoms with van der Waals surface area (Å²) in [6.45, 7) is 4.20. The van der Waals surface area contributed by atoms with Gasteiger partial charge in [0, 0.05) is 12.4 Å². The van der Waals surface area contributed by atoms with Gasteiger partial charge < -0.3 is 19.3 Å². The molecule has 0 aliphatic rings. The highest BCUT2D eigenvalue weighted by Gasteiger charge is 2.57. The smallest absolute Gasteiger partial charge is 0.372 e. The normalized spacial score (nSPS) is 14.5. The molecular formula is C33H59O6PS. The van der Waals surface area contributed by atoms with Crippen molar-refractivity contribution in [2.24, 2.45) is 0 Å². The number of hydrogen-bond donors (Lipinski definition) is 2. The number of carboxylic acids is 1. The SMILES string of the molecule is CCCCCCCCCCOC(CSCCCCCCCCCCCc1ccccc1)(C(=O)O)P(=O)(O)OCCC. The molecule has 0 bridgehead atoms. The highest BCUT2D eigenvalue weighted by Crippen LogP contribution is 2.57. The van der Waals surface area contributed by atoms with Crippen molar-refractivity contribution in [3.63, 3.8) is 0 Å². The molecule has 2 N–H and O–H groups in total. The van der Waals surface area contributed by atoms with E-state index in [4.69, 9.17) is 9.26 Å². The summed E-state index contributed by atoms with van der Waals surface area (Å²) in [5, 5.41) is 7.85. The van der Waals surface area contributed by atoms with E-state index < -0.39 is 18.9 Å². The maximum atomic E-state index is 13.1. The lowest BCUT2D eigenvalue weighted by molar-refractivity contribution is -0.155. The lowest BCUT2D eigenvalue weighted by Gasteiger charge is -2.32. The fraction of sp³-hybridized carbons (Fsp3) is 0.788. The first kappa shape index (κ1) is 38.2. The van der Waals surface area contributed by atoms with Crippen molar-refractivity contribution in [2.75, 3.05) is 24.7 Å². The van der Waals surface area contributed by atoms with Gasteiger partial charge in [0.2, 0.25) is 0 Å². The molecular weight excluding hydrogens is 555 g/mol. The molecule has 0 aliphatic heterocycles. The minimum Gasteiger partial charge on any atom is -0.479 e. The van der Waals surface area contributed by atoms with Gasteiger partial charge in [-0.1, -0.05) is 134 Å². The molecule has 6 nitrogen and oxygen atoms in total. The summed E-state index contributed by atoms with van der Waals surface area (Å²) in [6.07, 6.45) is 21.3. The molecule has 2 atom stereocenters. The molecule has 0 spiro atoms. The molecule has 238 valence electrons. The zero-order valence-corrected chi connectivity index (χ0v) is 27.7. The molecule has 1 rings (SSSR count). The van der Waals surface area contributed by atoms with Crippen molar-refractivity contribution in [2.45, 2.75) is 141 Å². The first-order valence-electron chi connectivity index (χ1n) is 16.4. The molecule has 1 aromatic carbocycles. The van der Waals surface area contributed by atoms with E-state index >= 15 is 0 Å². The van der Waals surface area contributed by atoms with Crippen molar-refractivity contribution in [3.05, 3.63) is 35.9 Å². The van der Waals surface area contributed by atoms with Crippen LogP contribution in [-0.2, 0) is 25.0 Å². The Morgan fingerprint density at radius 2 is 1.29 bits per heavy atom. The lowest BCUT2D eigenvalue weighted by atomic mass is 10.0. The van der Waals surface area contributed by atoms with Gasteiger partial charge in [-0.15, -0.1) is 0 Å². The van der Waals surface area contributed by atoms with Gasteiger partial charge in [0.1, 0.15) is 0 Å². The Balaban J connectivity index is 2.29. The molecule has 0 saturated carbocycles. The van der Waals surface area contributed by atoms with Crippen LogP contribution in [0.2, 0.25) is 0 Å². The summed E-state index contributed by atoms with van der Waals surface area (Å²) < 4.78 is 24.1. The minimum absolute atomic E-state index is 0.0294. The standard InChI is InChI=1S/C33H59O6PS/c1-3-5-6-7-8-13-16-22-28-38-33(32(34)35,40(36,37)39-27-4-2)30-41-29-23-17-14-11-9-10-12-15-19-24-31-25-20-18-21-26-31/h18,20-21,25-26H,3-17,19,22-24,27-30H2,1-2H3,(H,34,35)(H,36,37). The first-order chi connectivity index (χ1) is 19.9. The van der Waals surface area contributed by atoms with Crippen molar-refractivity contribution >= 4 is 25.3 Å². The average molecular weight is 615 g/mol. The van der Waals surface area contributed by atoms with Crippen molar-refractivity contribution in [3.8, 4) is 0 Å². The summed E-state index contributed by atoms with van der Waals surface area (Å²) in [5.41, 5.74) is 1.43. The Morgan fingerprint density at radius 3 is 1.85 bits per heavy atom. The highest BCUT2D eigenvalue weighted by atomic mass is 32.2. The number of aryl methyl sites for hydroxylation is 1. The second-order valence-electron chi connectivity index (χ2n) is 11.2. The van der Waals surface area contributed by atoms with Crippen LogP contribution in [0.1, 0.15) is 135 Å². The predicted octanol–water partition coefficient (Wildman–Crippen LogP) is 10.0. The molecule has 0 amide bonds. The van der Waals surface area contributed by atoms with Crippen LogP contribution in [-0.4, -0.2) is 46.0 Å². The number of rotatable bonds is 29. The van der Waals surface area contributed by atoms with Crippen LogP contribution >= 0.6 is 19.4 Å². The third-order valence-electron chi connectivity index (χ3n) is 7.49. The molecule has 0 fully saturated rings. The molecule has 8 heteroatoms. The lowest BCUT2D eigenvalue weighted by Crippen LogP contribution is -2.45. The van der Waals surface area contributed by atoms with Crippen molar-refractivity contribution in [1.29, 1.82) is 0 Å². The maximum absolute atomic E-state index is 13.1. The van der Waals surface area contributed by atoms with E-state index in [1.54, 1.807) is 0 Å². The van der Waals surface area contributed by atoms with Crippen LogP contribution in [0.5, 0.6) is 0 Å². The molecule has 0 heterocycles. The highest BCUT2D eigenvalue weighted by molar-refractivity contribution is 7.99. The van der Waals surface area contributed by atoms with Gasteiger partial charge in [0.15, 0.2) is 0 Å². The first-order valence-corrected chi connectivity index (χ1v) is 19.1. The Kier molecular flexibility index (Phi) is 22.9. The third-order valence-corrected chi connectivity index (χ3v) is 10.8. The van der Waals surface area contributed by atoms with Gasteiger partial charge in [-0.05, 0) is 43.4 Å². The van der Waals surface area contributed by atoms with Crippen LogP contribution in [0.3, 0.4) is 0 Å². The number of ether oxygens (including phenoxy) is 1. The van der Waals surface area contributed by atoms with Crippen LogP contribution in [0.15, 0.2) is 30.3 Å². The second kappa shape index (κ2) is 24.6. The predicted molar refractivity (Wildman–Crippen MR) is 174 cm³/mol. The van der Waals surface area contributed by atoms with Gasteiger partial charge in [-0.2, -0.15) is 11.8 Å². The fourth-order valence-electron chi connectivity index (χ4n) is 4.87. The average Bonchev–Trinajstić information content (AvgIpc) is 2.96. The molecule has 2 unspecified atom stereocenters. The van der Waals surface area contributed by atoms with E-state index in [1.807, 2.05) is 6.92 Å². The Morgan fingerprint density at radius 1 is 0.756 bits per heavy atom. The third kappa shape index (κ3) is 17.1. The van der Waals surface area contributed by atoms with Gasteiger partial charge in [0.05, 0.1) is 6.61 Å². The number of thioether (sulfide) groups is 1. The quantitative estimate of drug-likeness (QED) is 0.0685. The summed E-state index contributed by atoms with van der Waals surface area (Å²) in [6, 6.07) is 10.7. The molecule has 0 aromatic heterocycles. The number of carboxylic acid groups (broad SMARTS) is 1. The van der Waals surface area contributed by atoms with E-state index in [2.05, 4.69) is 37.3 Å². The number of benzene rings is 1. The van der Waals surface area contributed by atoms with Crippen molar-refractivity contribution < 1.29 is 28.6 Å².